The van der Waals surface area contributed by atoms with Crippen LogP contribution in [-0.4, -0.2) is 22.4 Å². The van der Waals surface area contributed by atoms with E-state index in [1.807, 2.05) is 13.8 Å². The summed E-state index contributed by atoms with van der Waals surface area (Å²) < 4.78 is 0. The molecule has 0 saturated heterocycles. The third-order valence-corrected chi connectivity index (χ3v) is 2.27. The number of carbonyl (C=O) groups excluding carboxylic acids is 1. The van der Waals surface area contributed by atoms with Crippen LogP contribution >= 0.6 is 0 Å². The fourth-order valence-corrected chi connectivity index (χ4v) is 1.24. The summed E-state index contributed by atoms with van der Waals surface area (Å²) in [7, 11) is 0. The lowest BCUT2D eigenvalue weighted by Gasteiger charge is -2.19. The van der Waals surface area contributed by atoms with E-state index in [-0.39, 0.29) is 5.91 Å². The second-order valence-corrected chi connectivity index (χ2v) is 3.98. The zero-order chi connectivity index (χ0) is 10.2. The van der Waals surface area contributed by atoms with Crippen LogP contribution in [0.4, 0.5) is 11.5 Å². The van der Waals surface area contributed by atoms with E-state index in [0.29, 0.717) is 18.1 Å². The fraction of sp³-hybridized carbons (Fsp3) is 0.444. The third kappa shape index (κ3) is 1.41. The first-order valence-electron chi connectivity index (χ1n) is 4.45. The Kier molecular flexibility index (Phi) is 1.87. The van der Waals surface area contributed by atoms with E-state index in [1.165, 1.54) is 6.33 Å². The number of hydrogen-bond acceptors (Lipinski definition) is 4. The molecule has 2 N–H and O–H groups in total. The van der Waals surface area contributed by atoms with Crippen molar-refractivity contribution in [3.8, 4) is 0 Å². The molecular formula is C9H12N4O. The highest BCUT2D eigenvalue weighted by molar-refractivity contribution is 5.98. The van der Waals surface area contributed by atoms with Gasteiger partial charge < -0.3 is 10.6 Å². The molecular weight excluding hydrogens is 180 g/mol. The molecule has 0 aromatic carbocycles. The zero-order valence-electron chi connectivity index (χ0n) is 8.16. The Bertz CT molecular complexity index is 375. The highest BCUT2D eigenvalue weighted by Crippen LogP contribution is 2.26. The number of amides is 1. The molecule has 0 aliphatic carbocycles. The van der Waals surface area contributed by atoms with E-state index in [9.17, 15) is 4.79 Å². The van der Waals surface area contributed by atoms with Gasteiger partial charge in [0, 0.05) is 6.54 Å². The topological polar surface area (TPSA) is 66.9 Å². The molecule has 0 atom stereocenters. The summed E-state index contributed by atoms with van der Waals surface area (Å²) in [6.45, 7) is 4.34. The van der Waals surface area contributed by atoms with Crippen LogP contribution in [0, 0.1) is 5.41 Å². The molecule has 0 spiro atoms. The predicted molar refractivity (Wildman–Crippen MR) is 52.9 cm³/mol. The molecule has 0 radical (unpaired) electrons. The summed E-state index contributed by atoms with van der Waals surface area (Å²) in [5, 5.41) is 5.90. The van der Waals surface area contributed by atoms with Crippen molar-refractivity contribution in [1.29, 1.82) is 0 Å². The smallest absolute Gasteiger partial charge is 0.231 e. The summed E-state index contributed by atoms with van der Waals surface area (Å²) in [6.07, 6.45) is 3.05. The van der Waals surface area contributed by atoms with Crippen LogP contribution in [0.1, 0.15) is 13.8 Å². The van der Waals surface area contributed by atoms with Crippen molar-refractivity contribution in [1.82, 2.24) is 9.97 Å². The molecule has 0 bridgehead atoms. The second kappa shape index (κ2) is 2.94. The number of hydrogen-bond donors (Lipinski definition) is 2. The van der Waals surface area contributed by atoms with E-state index in [0.717, 1.165) is 0 Å². The number of fused-ring (bicyclic) bond motifs is 1. The molecule has 1 amide bonds. The van der Waals surface area contributed by atoms with E-state index < -0.39 is 5.41 Å². The monoisotopic (exact) mass is 192 g/mol. The van der Waals surface area contributed by atoms with Gasteiger partial charge in [0.2, 0.25) is 5.91 Å². The predicted octanol–water partition coefficient (Wildman–Crippen LogP) is 0.867. The van der Waals surface area contributed by atoms with Crippen LogP contribution < -0.4 is 10.6 Å². The van der Waals surface area contributed by atoms with Crippen molar-refractivity contribution in [3.05, 3.63) is 12.5 Å². The molecule has 0 saturated carbocycles. The van der Waals surface area contributed by atoms with Crippen LogP contribution in [-0.2, 0) is 4.79 Å². The third-order valence-electron chi connectivity index (χ3n) is 2.27. The molecule has 5 heteroatoms. The molecule has 0 fully saturated rings. The van der Waals surface area contributed by atoms with Gasteiger partial charge in [-0.25, -0.2) is 9.97 Å². The Labute approximate surface area is 82.0 Å². The van der Waals surface area contributed by atoms with E-state index in [2.05, 4.69) is 20.6 Å². The molecule has 74 valence electrons. The van der Waals surface area contributed by atoms with Crippen LogP contribution in [0.5, 0.6) is 0 Å². The number of aromatic nitrogens is 2. The molecule has 2 rings (SSSR count). The summed E-state index contributed by atoms with van der Waals surface area (Å²) >= 11 is 0. The van der Waals surface area contributed by atoms with Crippen molar-refractivity contribution >= 4 is 17.4 Å². The van der Waals surface area contributed by atoms with E-state index in [4.69, 9.17) is 0 Å². The Morgan fingerprint density at radius 1 is 1.50 bits per heavy atom. The number of anilines is 2. The minimum absolute atomic E-state index is 0.0152. The summed E-state index contributed by atoms with van der Waals surface area (Å²) in [6, 6.07) is 0. The highest BCUT2D eigenvalue weighted by atomic mass is 16.2. The van der Waals surface area contributed by atoms with Crippen molar-refractivity contribution in [2.24, 2.45) is 5.41 Å². The normalized spacial score (nSPS) is 18.9. The lowest BCUT2D eigenvalue weighted by Crippen LogP contribution is -2.34. The number of nitrogens with one attached hydrogen (secondary N) is 2. The summed E-state index contributed by atoms with van der Waals surface area (Å²) in [5.74, 6) is 0.664. The molecule has 2 heterocycles. The van der Waals surface area contributed by atoms with Crippen LogP contribution in [0.25, 0.3) is 0 Å². The molecule has 14 heavy (non-hydrogen) atoms. The number of carbonyl (C=O) groups is 1. The molecule has 0 unspecified atom stereocenters. The largest absolute Gasteiger partial charge is 0.367 e. The van der Waals surface area contributed by atoms with Gasteiger partial charge in [0.05, 0.1) is 11.6 Å². The Balaban J connectivity index is 2.38. The minimum atomic E-state index is -0.430. The number of nitrogens with zero attached hydrogens (tertiary/aromatic N) is 2. The highest BCUT2D eigenvalue weighted by Gasteiger charge is 2.31. The van der Waals surface area contributed by atoms with Gasteiger partial charge in [-0.2, -0.15) is 0 Å². The van der Waals surface area contributed by atoms with Gasteiger partial charge in [-0.15, -0.1) is 0 Å². The van der Waals surface area contributed by atoms with Crippen LogP contribution in [0.3, 0.4) is 0 Å². The molecule has 1 aromatic heterocycles. The standard InChI is InChI=1S/C9H12N4O/c1-9(2)4-11-7-6(13-8(9)14)3-10-5-12-7/h3,5H,4H2,1-2H3,(H,13,14)(H,10,11,12). The Hall–Kier alpha value is -1.65. The average Bonchev–Trinajstić information content (AvgIpc) is 2.26. The summed E-state index contributed by atoms with van der Waals surface area (Å²) in [4.78, 5) is 19.6. The Morgan fingerprint density at radius 2 is 2.29 bits per heavy atom. The van der Waals surface area contributed by atoms with Gasteiger partial charge >= 0.3 is 0 Å². The SMILES string of the molecule is CC1(C)CNc2ncncc2NC1=O. The van der Waals surface area contributed by atoms with Crippen molar-refractivity contribution in [2.45, 2.75) is 13.8 Å². The van der Waals surface area contributed by atoms with Crippen LogP contribution in [0.15, 0.2) is 12.5 Å². The minimum Gasteiger partial charge on any atom is -0.367 e. The van der Waals surface area contributed by atoms with Gasteiger partial charge in [0.25, 0.3) is 0 Å². The van der Waals surface area contributed by atoms with Gasteiger partial charge in [0.1, 0.15) is 12.0 Å². The quantitative estimate of drug-likeness (QED) is 0.640. The molecule has 1 aliphatic rings. The van der Waals surface area contributed by atoms with E-state index in [1.54, 1.807) is 6.20 Å². The van der Waals surface area contributed by atoms with Gasteiger partial charge in [-0.1, -0.05) is 0 Å². The maximum Gasteiger partial charge on any atom is 0.231 e. The van der Waals surface area contributed by atoms with Gasteiger partial charge in [-0.05, 0) is 13.8 Å². The van der Waals surface area contributed by atoms with Gasteiger partial charge in [0.15, 0.2) is 5.82 Å². The molecule has 1 aliphatic heterocycles. The molecule has 1 aromatic rings. The van der Waals surface area contributed by atoms with Crippen molar-refractivity contribution in [2.75, 3.05) is 17.2 Å². The fourth-order valence-electron chi connectivity index (χ4n) is 1.24. The summed E-state index contributed by atoms with van der Waals surface area (Å²) in [5.41, 5.74) is 0.212. The average molecular weight is 192 g/mol. The lowest BCUT2D eigenvalue weighted by molar-refractivity contribution is -0.123. The number of rotatable bonds is 0. The zero-order valence-corrected chi connectivity index (χ0v) is 8.16. The maximum absolute atomic E-state index is 11.7. The molecule has 5 nitrogen and oxygen atoms in total. The lowest BCUT2D eigenvalue weighted by atomic mass is 9.93. The van der Waals surface area contributed by atoms with E-state index >= 15 is 0 Å². The first-order valence-corrected chi connectivity index (χ1v) is 4.45. The van der Waals surface area contributed by atoms with Crippen molar-refractivity contribution in [3.63, 3.8) is 0 Å². The second-order valence-electron chi connectivity index (χ2n) is 3.98. The van der Waals surface area contributed by atoms with Crippen LogP contribution in [0.2, 0.25) is 0 Å². The Morgan fingerprint density at radius 3 is 3.07 bits per heavy atom. The maximum atomic E-state index is 11.7. The first-order chi connectivity index (χ1) is 6.59. The van der Waals surface area contributed by atoms with Gasteiger partial charge in [-0.3, -0.25) is 4.79 Å². The van der Waals surface area contributed by atoms with Crippen molar-refractivity contribution < 1.29 is 4.79 Å². The first kappa shape index (κ1) is 8.93.